The van der Waals surface area contributed by atoms with Gasteiger partial charge in [0.25, 0.3) is 0 Å². The Bertz CT molecular complexity index is 331. The van der Waals surface area contributed by atoms with Crippen LogP contribution in [-0.4, -0.2) is 16.5 Å². The molecular formula is C10H11Cl2FO2. The molecule has 0 aromatic heterocycles. The molecule has 1 aromatic rings. The maximum atomic E-state index is 13.3. The molecule has 15 heavy (non-hydrogen) atoms. The predicted molar refractivity (Wildman–Crippen MR) is 58.0 cm³/mol. The number of hydrogen-bond donors (Lipinski definition) is 1. The summed E-state index contributed by atoms with van der Waals surface area (Å²) in [5.41, 5.74) is 0.0379. The Kier molecular flexibility index (Phi) is 4.64. The van der Waals surface area contributed by atoms with Gasteiger partial charge in [0.05, 0.1) is 6.61 Å². The van der Waals surface area contributed by atoms with Gasteiger partial charge in [0.15, 0.2) is 0 Å². The summed E-state index contributed by atoms with van der Waals surface area (Å²) in [6.45, 7) is 2.28. The molecule has 0 amide bonds. The van der Waals surface area contributed by atoms with Crippen LogP contribution >= 0.6 is 23.2 Å². The van der Waals surface area contributed by atoms with Crippen LogP contribution in [0.2, 0.25) is 0 Å². The summed E-state index contributed by atoms with van der Waals surface area (Å²) in [5, 5.41) is 9.51. The summed E-state index contributed by atoms with van der Waals surface area (Å²) in [6, 6.07) is 4.08. The molecule has 0 aliphatic heterocycles. The number of ether oxygens (including phenoxy) is 1. The van der Waals surface area contributed by atoms with E-state index in [-0.39, 0.29) is 5.56 Å². The first-order valence-electron chi connectivity index (χ1n) is 4.44. The second kappa shape index (κ2) is 5.54. The minimum absolute atomic E-state index is 0.0379. The highest BCUT2D eigenvalue weighted by molar-refractivity contribution is 6.44. The normalized spacial score (nSPS) is 12.9. The van der Waals surface area contributed by atoms with Gasteiger partial charge in [-0.15, -0.1) is 23.2 Å². The summed E-state index contributed by atoms with van der Waals surface area (Å²) in [6.07, 6.45) is -1.26. The fourth-order valence-electron chi connectivity index (χ4n) is 1.14. The lowest BCUT2D eigenvalue weighted by atomic mass is 10.1. The van der Waals surface area contributed by atoms with Gasteiger partial charge in [0.1, 0.15) is 22.5 Å². The van der Waals surface area contributed by atoms with Crippen molar-refractivity contribution in [3.05, 3.63) is 29.6 Å². The van der Waals surface area contributed by atoms with E-state index in [1.807, 2.05) is 6.92 Å². The van der Waals surface area contributed by atoms with E-state index in [2.05, 4.69) is 0 Å². The van der Waals surface area contributed by atoms with Gasteiger partial charge >= 0.3 is 0 Å². The Hall–Kier alpha value is -0.510. The fraction of sp³-hybridized carbons (Fsp3) is 0.400. The molecule has 84 valence electrons. The van der Waals surface area contributed by atoms with E-state index in [1.165, 1.54) is 18.2 Å². The van der Waals surface area contributed by atoms with E-state index in [9.17, 15) is 9.50 Å². The zero-order valence-corrected chi connectivity index (χ0v) is 9.60. The van der Waals surface area contributed by atoms with Gasteiger partial charge in [-0.25, -0.2) is 4.39 Å². The van der Waals surface area contributed by atoms with Crippen LogP contribution in [0, 0.1) is 5.82 Å². The molecule has 0 spiro atoms. The van der Waals surface area contributed by atoms with Crippen molar-refractivity contribution in [3.63, 3.8) is 0 Å². The van der Waals surface area contributed by atoms with Gasteiger partial charge in [0.2, 0.25) is 0 Å². The third-order valence-corrected chi connectivity index (χ3v) is 2.31. The monoisotopic (exact) mass is 252 g/mol. The molecule has 0 heterocycles. The predicted octanol–water partition coefficient (Wildman–Crippen LogP) is 3.06. The highest BCUT2D eigenvalue weighted by atomic mass is 35.5. The van der Waals surface area contributed by atoms with Crippen molar-refractivity contribution < 1.29 is 14.2 Å². The van der Waals surface area contributed by atoms with Crippen molar-refractivity contribution in [1.29, 1.82) is 0 Å². The first-order valence-corrected chi connectivity index (χ1v) is 5.32. The molecule has 5 heteroatoms. The maximum absolute atomic E-state index is 13.3. The molecule has 0 radical (unpaired) electrons. The average Bonchev–Trinajstić information content (AvgIpc) is 2.20. The van der Waals surface area contributed by atoms with Gasteiger partial charge in [0, 0.05) is 5.56 Å². The number of aliphatic hydroxyl groups is 1. The first-order chi connectivity index (χ1) is 7.06. The van der Waals surface area contributed by atoms with Crippen LogP contribution in [0.15, 0.2) is 18.2 Å². The second-order valence-electron chi connectivity index (χ2n) is 2.90. The van der Waals surface area contributed by atoms with Crippen molar-refractivity contribution in [3.8, 4) is 5.75 Å². The number of alkyl halides is 2. The second-order valence-corrected chi connectivity index (χ2v) is 4.06. The molecular weight excluding hydrogens is 242 g/mol. The SMILES string of the molecule is CCOc1ccc(F)c(C(O)C(Cl)Cl)c1. The van der Waals surface area contributed by atoms with Crippen molar-refractivity contribution in [2.45, 2.75) is 17.9 Å². The zero-order chi connectivity index (χ0) is 11.4. The number of hydrogen-bond acceptors (Lipinski definition) is 2. The van der Waals surface area contributed by atoms with E-state index in [4.69, 9.17) is 27.9 Å². The van der Waals surface area contributed by atoms with Crippen molar-refractivity contribution in [2.75, 3.05) is 6.61 Å². The van der Waals surface area contributed by atoms with Crippen LogP contribution in [0.5, 0.6) is 5.75 Å². The lowest BCUT2D eigenvalue weighted by molar-refractivity contribution is 0.187. The minimum Gasteiger partial charge on any atom is -0.494 e. The maximum Gasteiger partial charge on any atom is 0.137 e. The molecule has 0 saturated heterocycles. The molecule has 0 bridgehead atoms. The van der Waals surface area contributed by atoms with Crippen LogP contribution in [0.3, 0.4) is 0 Å². The summed E-state index contributed by atoms with van der Waals surface area (Å²) >= 11 is 10.9. The Morgan fingerprint density at radius 2 is 2.13 bits per heavy atom. The fourth-order valence-corrected chi connectivity index (χ4v) is 1.41. The van der Waals surface area contributed by atoms with Crippen molar-refractivity contribution in [2.24, 2.45) is 0 Å². The van der Waals surface area contributed by atoms with Crippen LogP contribution < -0.4 is 4.74 Å². The first kappa shape index (κ1) is 12.6. The summed E-state index contributed by atoms with van der Waals surface area (Å²) in [5.74, 6) is -0.0841. The quantitative estimate of drug-likeness (QED) is 0.835. The molecule has 1 unspecified atom stereocenters. The Morgan fingerprint density at radius 1 is 1.47 bits per heavy atom. The molecule has 1 aromatic carbocycles. The topological polar surface area (TPSA) is 29.5 Å². The summed E-state index contributed by atoms with van der Waals surface area (Å²) in [7, 11) is 0. The van der Waals surface area contributed by atoms with Gasteiger partial charge in [-0.05, 0) is 25.1 Å². The van der Waals surface area contributed by atoms with Crippen molar-refractivity contribution >= 4 is 23.2 Å². The van der Waals surface area contributed by atoms with Crippen LogP contribution in [0.25, 0.3) is 0 Å². The molecule has 1 atom stereocenters. The van der Waals surface area contributed by atoms with Crippen LogP contribution in [0.4, 0.5) is 4.39 Å². The standard InChI is InChI=1S/C10H11Cl2FO2/c1-2-15-6-3-4-8(13)7(5-6)9(14)10(11)12/h3-5,9-10,14H,2H2,1H3. The smallest absolute Gasteiger partial charge is 0.137 e. The lowest BCUT2D eigenvalue weighted by Crippen LogP contribution is -2.08. The largest absolute Gasteiger partial charge is 0.494 e. The number of benzene rings is 1. The highest BCUT2D eigenvalue weighted by Gasteiger charge is 2.20. The molecule has 0 aliphatic carbocycles. The summed E-state index contributed by atoms with van der Waals surface area (Å²) < 4.78 is 18.5. The molecule has 0 aliphatic rings. The van der Waals surface area contributed by atoms with Gasteiger partial charge in [-0.3, -0.25) is 0 Å². The molecule has 0 fully saturated rings. The Balaban J connectivity index is 2.99. The third-order valence-electron chi connectivity index (χ3n) is 1.84. The molecule has 1 N–H and O–H groups in total. The lowest BCUT2D eigenvalue weighted by Gasteiger charge is -2.14. The van der Waals surface area contributed by atoms with Gasteiger partial charge < -0.3 is 9.84 Å². The molecule has 0 saturated carbocycles. The van der Waals surface area contributed by atoms with E-state index < -0.39 is 16.8 Å². The van der Waals surface area contributed by atoms with Crippen LogP contribution in [-0.2, 0) is 0 Å². The van der Waals surface area contributed by atoms with E-state index >= 15 is 0 Å². The third kappa shape index (κ3) is 3.23. The Labute approximate surface area is 97.6 Å². The van der Waals surface area contributed by atoms with E-state index in [0.717, 1.165) is 0 Å². The molecule has 1 rings (SSSR count). The Morgan fingerprint density at radius 3 is 2.67 bits per heavy atom. The number of aliphatic hydroxyl groups excluding tert-OH is 1. The van der Waals surface area contributed by atoms with E-state index in [0.29, 0.717) is 12.4 Å². The van der Waals surface area contributed by atoms with E-state index in [1.54, 1.807) is 0 Å². The highest BCUT2D eigenvalue weighted by Crippen LogP contribution is 2.28. The van der Waals surface area contributed by atoms with Gasteiger partial charge in [-0.2, -0.15) is 0 Å². The van der Waals surface area contributed by atoms with Crippen molar-refractivity contribution in [1.82, 2.24) is 0 Å². The zero-order valence-electron chi connectivity index (χ0n) is 8.08. The summed E-state index contributed by atoms with van der Waals surface area (Å²) in [4.78, 5) is -1.07. The number of halogens is 3. The van der Waals surface area contributed by atoms with Gasteiger partial charge in [-0.1, -0.05) is 0 Å². The minimum atomic E-state index is -1.26. The average molecular weight is 253 g/mol. The van der Waals surface area contributed by atoms with Crippen LogP contribution in [0.1, 0.15) is 18.6 Å². The number of rotatable bonds is 4. The molecule has 2 nitrogen and oxygen atoms in total.